The minimum Gasteiger partial charge on any atom is -0.530 e. The molecule has 0 unspecified atom stereocenters. The van der Waals surface area contributed by atoms with Crippen LogP contribution in [-0.2, 0) is 22.4 Å². The van der Waals surface area contributed by atoms with Crippen LogP contribution >= 0.6 is 0 Å². The van der Waals surface area contributed by atoms with Gasteiger partial charge in [0, 0.05) is 13.1 Å². The van der Waals surface area contributed by atoms with Crippen LogP contribution in [0, 0.1) is 5.41 Å². The molecule has 0 spiro atoms. The first kappa shape index (κ1) is 37.5. The Morgan fingerprint density at radius 3 is 1.82 bits per heavy atom. The molecular formula is C33H49N4O8-. The molecule has 45 heavy (non-hydrogen) atoms. The van der Waals surface area contributed by atoms with Crippen LogP contribution in [0.25, 0.3) is 0 Å². The Kier molecular flexibility index (Phi) is 14.3. The number of alkyl carbamates (subject to hydrolysis) is 1. The molecule has 0 aliphatic carbocycles. The second kappa shape index (κ2) is 17.1. The van der Waals surface area contributed by atoms with E-state index in [-0.39, 0.29) is 25.9 Å². The smallest absolute Gasteiger partial charge is 0.407 e. The van der Waals surface area contributed by atoms with Crippen LogP contribution in [0.2, 0.25) is 0 Å². The highest BCUT2D eigenvalue weighted by molar-refractivity contribution is 5.86. The Bertz CT molecular complexity index is 1210. The molecule has 0 radical (unpaired) electrons. The summed E-state index contributed by atoms with van der Waals surface area (Å²) in [5, 5.41) is 53.2. The third kappa shape index (κ3) is 11.6. The number of aliphatic hydroxyl groups is 3. The molecule has 0 aromatic heterocycles. The topological polar surface area (TPSA) is 184 Å². The number of hydrogen-bond donors (Lipinski definition) is 6. The minimum absolute atomic E-state index is 0.0633. The normalized spacial score (nSPS) is 15.2. The number of nitrogens with one attached hydrogen (secondary N) is 3. The van der Waals surface area contributed by atoms with Gasteiger partial charge >= 0.3 is 6.09 Å². The number of methoxy groups -OCH3 is 1. The molecule has 0 saturated carbocycles. The number of hydrogen-bond acceptors (Lipinski definition) is 9. The predicted octanol–water partition coefficient (Wildman–Crippen LogP) is 0.824. The second-order valence-electron chi connectivity index (χ2n) is 12.9. The maximum Gasteiger partial charge on any atom is 0.407 e. The van der Waals surface area contributed by atoms with Crippen LogP contribution in [-0.4, -0.2) is 101 Å². The van der Waals surface area contributed by atoms with Crippen molar-refractivity contribution in [3.63, 3.8) is 0 Å². The summed E-state index contributed by atoms with van der Waals surface area (Å²) in [7, 11) is 1.20. The van der Waals surface area contributed by atoms with Gasteiger partial charge in [0.05, 0.1) is 43.5 Å². The van der Waals surface area contributed by atoms with Gasteiger partial charge in [-0.15, -0.1) is 0 Å². The van der Waals surface area contributed by atoms with E-state index in [1.54, 1.807) is 46.8 Å². The van der Waals surface area contributed by atoms with E-state index in [1.165, 1.54) is 7.11 Å². The van der Waals surface area contributed by atoms with Gasteiger partial charge < -0.3 is 50.8 Å². The highest BCUT2D eigenvalue weighted by atomic mass is 16.5. The third-order valence-electron chi connectivity index (χ3n) is 7.67. The van der Waals surface area contributed by atoms with E-state index in [0.717, 1.165) is 16.0 Å². The maximum absolute atomic E-state index is 13.4. The highest BCUT2D eigenvalue weighted by Gasteiger charge is 2.37. The molecule has 0 fully saturated rings. The van der Waals surface area contributed by atoms with Gasteiger partial charge in [0.2, 0.25) is 5.91 Å². The monoisotopic (exact) mass is 629 g/mol. The molecule has 12 heteroatoms. The SMILES string of the molecule is COC(=O)N[C@H](C(=O)N[C@@H](Cc1ccccc1)[C@H](O)CNC[C@@H](O)[C@H](Cc1ccccc1)N(C(=O)[O-])C(C)(C)CO)C(C)(C)C. The van der Waals surface area contributed by atoms with Crippen molar-refractivity contribution in [2.75, 3.05) is 26.8 Å². The third-order valence-corrected chi connectivity index (χ3v) is 7.67. The van der Waals surface area contributed by atoms with E-state index < -0.39 is 66.0 Å². The van der Waals surface area contributed by atoms with Crippen molar-refractivity contribution in [3.8, 4) is 0 Å². The largest absolute Gasteiger partial charge is 0.530 e. The van der Waals surface area contributed by atoms with Crippen LogP contribution in [0.15, 0.2) is 60.7 Å². The number of amides is 3. The van der Waals surface area contributed by atoms with Gasteiger partial charge in [0.1, 0.15) is 12.1 Å². The van der Waals surface area contributed by atoms with Gasteiger partial charge in [-0.3, -0.25) is 4.79 Å². The molecular weight excluding hydrogens is 580 g/mol. The van der Waals surface area contributed by atoms with Crippen LogP contribution < -0.4 is 21.1 Å². The van der Waals surface area contributed by atoms with E-state index in [9.17, 15) is 34.8 Å². The predicted molar refractivity (Wildman–Crippen MR) is 168 cm³/mol. The van der Waals surface area contributed by atoms with Crippen molar-refractivity contribution in [1.82, 2.24) is 20.9 Å². The molecule has 2 rings (SSSR count). The number of nitrogens with zero attached hydrogens (tertiary/aromatic N) is 1. The number of benzene rings is 2. The van der Waals surface area contributed by atoms with Crippen LogP contribution in [0.5, 0.6) is 0 Å². The van der Waals surface area contributed by atoms with E-state index >= 15 is 0 Å². The molecule has 3 amide bonds. The first-order valence-corrected chi connectivity index (χ1v) is 15.0. The summed E-state index contributed by atoms with van der Waals surface area (Å²) in [5.74, 6) is -0.508. The van der Waals surface area contributed by atoms with Crippen molar-refractivity contribution in [2.24, 2.45) is 5.41 Å². The zero-order valence-corrected chi connectivity index (χ0v) is 27.0. The average Bonchev–Trinajstić information content (AvgIpc) is 2.98. The Balaban J connectivity index is 2.24. The Hall–Kier alpha value is -3.71. The number of carboxylic acid groups (broad SMARTS) is 1. The number of carbonyl (C=O) groups excluding carboxylic acids is 3. The lowest BCUT2D eigenvalue weighted by Gasteiger charge is -2.46. The van der Waals surface area contributed by atoms with E-state index in [0.29, 0.717) is 0 Å². The molecule has 0 aliphatic rings. The van der Waals surface area contributed by atoms with Gasteiger partial charge in [0.15, 0.2) is 0 Å². The van der Waals surface area contributed by atoms with Crippen LogP contribution in [0.4, 0.5) is 9.59 Å². The highest BCUT2D eigenvalue weighted by Crippen LogP contribution is 2.23. The summed E-state index contributed by atoms with van der Waals surface area (Å²) in [6.07, 6.45) is -4.27. The second-order valence-corrected chi connectivity index (χ2v) is 12.9. The molecule has 0 heterocycles. The van der Waals surface area contributed by atoms with Crippen LogP contribution in [0.3, 0.4) is 0 Å². The summed E-state index contributed by atoms with van der Waals surface area (Å²) in [6, 6.07) is 15.6. The molecule has 0 bridgehead atoms. The summed E-state index contributed by atoms with van der Waals surface area (Å²) in [6.45, 7) is 7.79. The first-order chi connectivity index (χ1) is 21.1. The minimum atomic E-state index is -1.53. The van der Waals surface area contributed by atoms with E-state index in [4.69, 9.17) is 4.74 Å². The number of rotatable bonds is 16. The standard InChI is InChI=1S/C33H50N4O8/c1-32(2,3)28(36-30(42)45-6)29(41)35-24(17-22-13-9-7-10-14-22)26(39)19-34-20-27(40)25(18-23-15-11-8-12-16-23)37(31(43)44)33(4,5)21-38/h7-16,24-28,34,38-40H,17-21H2,1-6H3,(H,35,41)(H,36,42)(H,43,44)/p-1/t24-,25-,26+,27+,28+/m0/s1. The maximum atomic E-state index is 13.4. The summed E-state index contributed by atoms with van der Waals surface area (Å²) in [5.41, 5.74) is -0.287. The first-order valence-electron chi connectivity index (χ1n) is 15.0. The zero-order valence-electron chi connectivity index (χ0n) is 27.0. The summed E-state index contributed by atoms with van der Waals surface area (Å²) >= 11 is 0. The summed E-state index contributed by atoms with van der Waals surface area (Å²) in [4.78, 5) is 38.6. The lowest BCUT2D eigenvalue weighted by atomic mass is 9.85. The average molecular weight is 630 g/mol. The Morgan fingerprint density at radius 2 is 1.36 bits per heavy atom. The fourth-order valence-corrected chi connectivity index (χ4v) is 5.09. The molecule has 2 aromatic carbocycles. The molecule has 6 N–H and O–H groups in total. The van der Waals surface area contributed by atoms with E-state index in [2.05, 4.69) is 16.0 Å². The fourth-order valence-electron chi connectivity index (χ4n) is 5.09. The summed E-state index contributed by atoms with van der Waals surface area (Å²) < 4.78 is 4.69. The number of carbonyl (C=O) groups is 3. The van der Waals surface area contributed by atoms with Crippen molar-refractivity contribution in [3.05, 3.63) is 71.8 Å². The quantitative estimate of drug-likeness (QED) is 0.157. The Morgan fingerprint density at radius 1 is 0.844 bits per heavy atom. The van der Waals surface area contributed by atoms with Gasteiger partial charge in [-0.05, 0) is 43.2 Å². The van der Waals surface area contributed by atoms with Crippen LogP contribution in [0.1, 0.15) is 45.7 Å². The van der Waals surface area contributed by atoms with Gasteiger partial charge in [-0.25, -0.2) is 4.79 Å². The lowest BCUT2D eigenvalue weighted by Crippen LogP contribution is -2.64. The number of aliphatic hydroxyl groups excluding tert-OH is 3. The van der Waals surface area contributed by atoms with Crippen molar-refractivity contribution in [1.29, 1.82) is 0 Å². The fraction of sp³-hybridized carbons (Fsp3) is 0.545. The molecule has 0 saturated heterocycles. The molecule has 12 nitrogen and oxygen atoms in total. The van der Waals surface area contributed by atoms with Crippen molar-refractivity contribution < 1.29 is 39.5 Å². The Labute approximate surface area is 265 Å². The lowest BCUT2D eigenvalue weighted by molar-refractivity contribution is -0.277. The zero-order chi connectivity index (χ0) is 33.8. The van der Waals surface area contributed by atoms with Crippen molar-refractivity contribution in [2.45, 2.75) is 83.3 Å². The molecule has 5 atom stereocenters. The molecule has 250 valence electrons. The van der Waals surface area contributed by atoms with Crippen molar-refractivity contribution >= 4 is 18.1 Å². The van der Waals surface area contributed by atoms with Gasteiger partial charge in [-0.1, -0.05) is 81.4 Å². The molecule has 2 aromatic rings. The van der Waals surface area contributed by atoms with Gasteiger partial charge in [-0.2, -0.15) is 0 Å². The van der Waals surface area contributed by atoms with E-state index in [1.807, 2.05) is 48.5 Å². The van der Waals surface area contributed by atoms with Gasteiger partial charge in [0.25, 0.3) is 0 Å². The molecule has 0 aliphatic heterocycles. The number of ether oxygens (including phenoxy) is 1.